The highest BCUT2D eigenvalue weighted by Gasteiger charge is 2.39. The van der Waals surface area contributed by atoms with E-state index in [1.54, 1.807) is 4.90 Å². The Labute approximate surface area is 168 Å². The number of likely N-dealkylation sites (tertiary alicyclic amines) is 1. The number of hydrogen-bond acceptors (Lipinski definition) is 5. The molecule has 1 N–H and O–H groups in total. The molecule has 1 fully saturated rings. The van der Waals surface area contributed by atoms with Crippen LogP contribution in [0.15, 0.2) is 29.1 Å². The van der Waals surface area contributed by atoms with Crippen molar-refractivity contribution < 1.29 is 14.7 Å². The molecule has 1 aromatic carbocycles. The smallest absolute Gasteiger partial charge is 0.346 e. The van der Waals surface area contributed by atoms with Crippen LogP contribution >= 0.6 is 0 Å². The number of aliphatic hydroxyl groups is 1. The van der Waals surface area contributed by atoms with Gasteiger partial charge in [-0.3, -0.25) is 14.2 Å². The quantitative estimate of drug-likeness (QED) is 0.805. The monoisotopic (exact) mass is 398 g/mol. The first kappa shape index (κ1) is 19.6. The Balaban J connectivity index is 1.62. The minimum Gasteiger partial charge on any atom is -0.389 e. The van der Waals surface area contributed by atoms with Crippen molar-refractivity contribution in [3.05, 3.63) is 51.7 Å². The summed E-state index contributed by atoms with van der Waals surface area (Å²) in [7, 11) is 0. The number of carbonyl (C=O) groups is 2. The van der Waals surface area contributed by atoms with Gasteiger partial charge < -0.3 is 10.0 Å². The van der Waals surface area contributed by atoms with Crippen LogP contribution in [0.4, 0.5) is 0 Å². The van der Waals surface area contributed by atoms with Crippen LogP contribution in [0.25, 0.3) is 0 Å². The SMILES string of the molecule is Cc1ccc(Cn2nc3n(c2=O)[C@H](C(=O)N2CCC[C@H]2C(=O)CO)CCC3)cc1. The molecule has 2 aliphatic rings. The maximum absolute atomic E-state index is 13.2. The molecule has 0 spiro atoms. The summed E-state index contributed by atoms with van der Waals surface area (Å²) < 4.78 is 2.94. The molecule has 0 aliphatic carbocycles. The van der Waals surface area contributed by atoms with E-state index in [1.807, 2.05) is 31.2 Å². The lowest BCUT2D eigenvalue weighted by atomic mass is 10.0. The number of amides is 1. The second kappa shape index (κ2) is 7.94. The molecule has 1 aromatic heterocycles. The van der Waals surface area contributed by atoms with E-state index in [-0.39, 0.29) is 17.4 Å². The van der Waals surface area contributed by atoms with E-state index in [4.69, 9.17) is 0 Å². The fourth-order valence-corrected chi connectivity index (χ4v) is 4.40. The van der Waals surface area contributed by atoms with E-state index >= 15 is 0 Å². The van der Waals surface area contributed by atoms with E-state index in [0.717, 1.165) is 24.0 Å². The zero-order chi connectivity index (χ0) is 20.5. The Morgan fingerprint density at radius 2 is 1.86 bits per heavy atom. The Morgan fingerprint density at radius 3 is 2.59 bits per heavy atom. The highest BCUT2D eigenvalue weighted by molar-refractivity contribution is 5.91. The summed E-state index contributed by atoms with van der Waals surface area (Å²) in [6.45, 7) is 2.27. The minimum atomic E-state index is -0.634. The first-order valence-corrected chi connectivity index (χ1v) is 10.2. The van der Waals surface area contributed by atoms with Crippen LogP contribution < -0.4 is 5.69 Å². The lowest BCUT2D eigenvalue weighted by Crippen LogP contribution is -2.47. The van der Waals surface area contributed by atoms with E-state index in [0.29, 0.717) is 38.2 Å². The predicted octanol–water partition coefficient (Wildman–Crippen LogP) is 0.831. The summed E-state index contributed by atoms with van der Waals surface area (Å²) in [5.74, 6) is 0.0671. The van der Waals surface area contributed by atoms with E-state index in [1.165, 1.54) is 9.25 Å². The molecule has 0 saturated carbocycles. The molecular formula is C21H26N4O4. The van der Waals surface area contributed by atoms with Gasteiger partial charge in [0.1, 0.15) is 18.5 Å². The molecule has 154 valence electrons. The molecule has 0 radical (unpaired) electrons. The molecule has 29 heavy (non-hydrogen) atoms. The van der Waals surface area contributed by atoms with Gasteiger partial charge in [0.05, 0.1) is 12.6 Å². The van der Waals surface area contributed by atoms with Gasteiger partial charge in [-0.25, -0.2) is 9.48 Å². The topological polar surface area (TPSA) is 97.4 Å². The molecule has 2 aliphatic heterocycles. The number of aryl methyl sites for hydroxylation is 2. The molecule has 2 atom stereocenters. The molecule has 1 saturated heterocycles. The second-order valence-corrected chi connectivity index (χ2v) is 7.93. The third-order valence-electron chi connectivity index (χ3n) is 5.93. The summed E-state index contributed by atoms with van der Waals surface area (Å²) in [5, 5.41) is 13.7. The van der Waals surface area contributed by atoms with Gasteiger partial charge in [0.25, 0.3) is 0 Å². The number of benzene rings is 1. The number of aliphatic hydroxyl groups excluding tert-OH is 1. The van der Waals surface area contributed by atoms with Gasteiger partial charge in [0, 0.05) is 13.0 Å². The first-order valence-electron chi connectivity index (χ1n) is 10.2. The standard InChI is InChI=1S/C21H26N4O4/c1-14-7-9-15(10-8-14)12-24-21(29)25-17(4-2-6-19(25)22-24)20(28)23-11-3-5-16(23)18(27)13-26/h7-10,16-17,26H,2-6,11-13H2,1H3/t16-,17-/m0/s1. The van der Waals surface area contributed by atoms with Gasteiger partial charge in [-0.2, -0.15) is 5.10 Å². The fourth-order valence-electron chi connectivity index (χ4n) is 4.40. The number of nitrogens with zero attached hydrogens (tertiary/aromatic N) is 4. The number of carbonyl (C=O) groups excluding carboxylic acids is 2. The lowest BCUT2D eigenvalue weighted by molar-refractivity contribution is -0.141. The van der Waals surface area contributed by atoms with Crippen molar-refractivity contribution in [3.8, 4) is 0 Å². The first-order chi connectivity index (χ1) is 14.0. The van der Waals surface area contributed by atoms with Gasteiger partial charge in [-0.05, 0) is 38.2 Å². The summed E-state index contributed by atoms with van der Waals surface area (Å²) in [4.78, 5) is 39.9. The van der Waals surface area contributed by atoms with Crippen LogP contribution in [-0.4, -0.2) is 55.2 Å². The average molecular weight is 398 g/mol. The van der Waals surface area contributed by atoms with Crippen molar-refractivity contribution in [2.24, 2.45) is 0 Å². The molecular weight excluding hydrogens is 372 g/mol. The van der Waals surface area contributed by atoms with Gasteiger partial charge in [0.2, 0.25) is 5.91 Å². The number of hydrogen-bond donors (Lipinski definition) is 1. The van der Waals surface area contributed by atoms with Crippen LogP contribution in [0.3, 0.4) is 0 Å². The van der Waals surface area contributed by atoms with E-state index in [2.05, 4.69) is 5.10 Å². The fraction of sp³-hybridized carbons (Fsp3) is 0.524. The van der Waals surface area contributed by atoms with Crippen LogP contribution in [0.1, 0.15) is 48.7 Å². The Bertz CT molecular complexity index is 976. The third-order valence-corrected chi connectivity index (χ3v) is 5.93. The summed E-state index contributed by atoms with van der Waals surface area (Å²) in [6.07, 6.45) is 3.26. The zero-order valence-electron chi connectivity index (χ0n) is 16.6. The molecule has 4 rings (SSSR count). The van der Waals surface area contributed by atoms with Crippen LogP contribution in [-0.2, 0) is 22.6 Å². The number of Topliss-reactive ketones (excluding diaryl/α,β-unsaturated/α-hetero) is 1. The van der Waals surface area contributed by atoms with Crippen molar-refractivity contribution >= 4 is 11.7 Å². The number of fused-ring (bicyclic) bond motifs is 1. The third kappa shape index (κ3) is 3.64. The van der Waals surface area contributed by atoms with E-state index < -0.39 is 18.7 Å². The second-order valence-electron chi connectivity index (χ2n) is 7.93. The number of ketones is 1. The van der Waals surface area contributed by atoms with Crippen molar-refractivity contribution in [3.63, 3.8) is 0 Å². The number of aromatic nitrogens is 3. The van der Waals surface area contributed by atoms with Gasteiger partial charge in [-0.1, -0.05) is 29.8 Å². The van der Waals surface area contributed by atoms with Crippen molar-refractivity contribution in [2.75, 3.05) is 13.2 Å². The maximum Gasteiger partial charge on any atom is 0.346 e. The van der Waals surface area contributed by atoms with Crippen molar-refractivity contribution in [2.45, 2.75) is 57.7 Å². The van der Waals surface area contributed by atoms with Crippen molar-refractivity contribution in [1.29, 1.82) is 0 Å². The van der Waals surface area contributed by atoms with Crippen molar-refractivity contribution in [1.82, 2.24) is 19.2 Å². The molecule has 2 aromatic rings. The Morgan fingerprint density at radius 1 is 1.14 bits per heavy atom. The number of rotatable bonds is 5. The maximum atomic E-state index is 13.2. The van der Waals surface area contributed by atoms with Crippen LogP contribution in [0.5, 0.6) is 0 Å². The van der Waals surface area contributed by atoms with Gasteiger partial charge in [0.15, 0.2) is 5.78 Å². The molecule has 3 heterocycles. The Hall–Kier alpha value is -2.74. The normalized spacial score (nSPS) is 21.2. The van der Waals surface area contributed by atoms with Crippen LogP contribution in [0.2, 0.25) is 0 Å². The predicted molar refractivity (Wildman–Crippen MR) is 106 cm³/mol. The zero-order valence-corrected chi connectivity index (χ0v) is 16.6. The Kier molecular flexibility index (Phi) is 5.36. The summed E-state index contributed by atoms with van der Waals surface area (Å²) >= 11 is 0. The summed E-state index contributed by atoms with van der Waals surface area (Å²) in [6, 6.07) is 6.71. The largest absolute Gasteiger partial charge is 0.389 e. The molecule has 8 heteroatoms. The average Bonchev–Trinajstić information content (AvgIpc) is 3.34. The van der Waals surface area contributed by atoms with E-state index in [9.17, 15) is 19.5 Å². The molecule has 1 amide bonds. The molecule has 0 bridgehead atoms. The highest BCUT2D eigenvalue weighted by atomic mass is 16.3. The highest BCUT2D eigenvalue weighted by Crippen LogP contribution is 2.28. The summed E-state index contributed by atoms with van der Waals surface area (Å²) in [5.41, 5.74) is 1.83. The van der Waals surface area contributed by atoms with Crippen LogP contribution in [0, 0.1) is 6.92 Å². The van der Waals surface area contributed by atoms with Gasteiger partial charge in [-0.15, -0.1) is 0 Å². The minimum absolute atomic E-state index is 0.216. The lowest BCUT2D eigenvalue weighted by Gasteiger charge is -2.30. The molecule has 0 unspecified atom stereocenters. The molecule has 8 nitrogen and oxygen atoms in total. The van der Waals surface area contributed by atoms with Gasteiger partial charge >= 0.3 is 5.69 Å².